The SMILES string of the molecule is Cc1ccc(C(=O)CCC(=O)Nc2ccccc2NS(=O)(=O)c2ccc(F)cc2)cc1C. The first-order valence-corrected chi connectivity index (χ1v) is 11.4. The highest BCUT2D eigenvalue weighted by molar-refractivity contribution is 7.92. The molecule has 0 saturated carbocycles. The third kappa shape index (κ3) is 5.79. The number of carbonyl (C=O) groups excluding carboxylic acids is 2. The van der Waals surface area contributed by atoms with Crippen LogP contribution >= 0.6 is 0 Å². The fourth-order valence-corrected chi connectivity index (χ4v) is 4.08. The lowest BCUT2D eigenvalue weighted by Crippen LogP contribution is -2.17. The van der Waals surface area contributed by atoms with Crippen molar-refractivity contribution >= 4 is 33.1 Å². The van der Waals surface area contributed by atoms with Crippen LogP contribution in [0.2, 0.25) is 0 Å². The Morgan fingerprint density at radius 1 is 0.844 bits per heavy atom. The molecule has 3 aromatic carbocycles. The summed E-state index contributed by atoms with van der Waals surface area (Å²) in [7, 11) is -3.98. The van der Waals surface area contributed by atoms with Gasteiger partial charge in [0.05, 0.1) is 16.3 Å². The quantitative estimate of drug-likeness (QED) is 0.476. The lowest BCUT2D eigenvalue weighted by Gasteiger charge is -2.13. The molecule has 0 aliphatic carbocycles. The summed E-state index contributed by atoms with van der Waals surface area (Å²) < 4.78 is 40.7. The Labute approximate surface area is 186 Å². The van der Waals surface area contributed by atoms with E-state index in [1.807, 2.05) is 19.9 Å². The number of carbonyl (C=O) groups is 2. The van der Waals surface area contributed by atoms with Crippen LogP contribution in [0.5, 0.6) is 0 Å². The molecule has 6 nitrogen and oxygen atoms in total. The molecule has 0 aliphatic rings. The van der Waals surface area contributed by atoms with E-state index in [0.29, 0.717) is 5.56 Å². The molecule has 3 rings (SSSR count). The number of hydrogen-bond acceptors (Lipinski definition) is 4. The summed E-state index contributed by atoms with van der Waals surface area (Å²) in [5.74, 6) is -1.11. The number of rotatable bonds is 8. The minimum Gasteiger partial charge on any atom is -0.324 e. The maximum Gasteiger partial charge on any atom is 0.261 e. The third-order valence-corrected chi connectivity index (χ3v) is 6.36. The maximum atomic E-state index is 13.1. The molecule has 32 heavy (non-hydrogen) atoms. The number of halogens is 1. The van der Waals surface area contributed by atoms with E-state index in [1.165, 1.54) is 6.07 Å². The molecular formula is C24H23FN2O4S. The Morgan fingerprint density at radius 3 is 2.16 bits per heavy atom. The molecule has 3 aromatic rings. The molecule has 8 heteroatoms. The zero-order valence-electron chi connectivity index (χ0n) is 17.7. The predicted octanol–water partition coefficient (Wildman–Crippen LogP) is 4.84. The summed E-state index contributed by atoms with van der Waals surface area (Å²) in [5.41, 5.74) is 3.04. The van der Waals surface area contributed by atoms with Crippen LogP contribution in [0, 0.1) is 19.7 Å². The second-order valence-electron chi connectivity index (χ2n) is 7.38. The van der Waals surface area contributed by atoms with Crippen molar-refractivity contribution in [1.82, 2.24) is 0 Å². The van der Waals surface area contributed by atoms with E-state index in [1.54, 1.807) is 30.3 Å². The van der Waals surface area contributed by atoms with Crippen molar-refractivity contribution in [1.29, 1.82) is 0 Å². The van der Waals surface area contributed by atoms with Crippen LogP contribution in [-0.4, -0.2) is 20.1 Å². The minimum absolute atomic E-state index is 0.0256. The van der Waals surface area contributed by atoms with Crippen molar-refractivity contribution < 1.29 is 22.4 Å². The molecule has 0 unspecified atom stereocenters. The number of sulfonamides is 1. The van der Waals surface area contributed by atoms with E-state index in [9.17, 15) is 22.4 Å². The summed E-state index contributed by atoms with van der Waals surface area (Å²) in [6, 6.07) is 16.1. The molecule has 2 N–H and O–H groups in total. The van der Waals surface area contributed by atoms with Gasteiger partial charge in [0.1, 0.15) is 5.82 Å². The number of hydrogen-bond donors (Lipinski definition) is 2. The number of para-hydroxylation sites is 2. The normalized spacial score (nSPS) is 11.1. The van der Waals surface area contributed by atoms with Gasteiger partial charge in [-0.3, -0.25) is 14.3 Å². The summed E-state index contributed by atoms with van der Waals surface area (Å²) in [5, 5.41) is 2.64. The van der Waals surface area contributed by atoms with Crippen molar-refractivity contribution in [3.05, 3.63) is 89.2 Å². The Balaban J connectivity index is 1.66. The van der Waals surface area contributed by atoms with Crippen LogP contribution in [0.4, 0.5) is 15.8 Å². The van der Waals surface area contributed by atoms with Crippen molar-refractivity contribution in [2.45, 2.75) is 31.6 Å². The van der Waals surface area contributed by atoms with Gasteiger partial charge in [-0.15, -0.1) is 0 Å². The monoisotopic (exact) mass is 454 g/mol. The van der Waals surface area contributed by atoms with Crippen molar-refractivity contribution in [3.8, 4) is 0 Å². The molecule has 166 valence electrons. The zero-order valence-corrected chi connectivity index (χ0v) is 18.5. The van der Waals surface area contributed by atoms with Gasteiger partial charge in [-0.2, -0.15) is 0 Å². The predicted molar refractivity (Wildman–Crippen MR) is 122 cm³/mol. The number of Topliss-reactive ketones (excluding diaryl/α,β-unsaturated/α-hetero) is 1. The largest absolute Gasteiger partial charge is 0.324 e. The van der Waals surface area contributed by atoms with Gasteiger partial charge in [0.2, 0.25) is 5.91 Å². The molecule has 0 spiro atoms. The van der Waals surface area contributed by atoms with Gasteiger partial charge in [0.15, 0.2) is 5.78 Å². The number of amides is 1. The molecule has 0 saturated heterocycles. The van der Waals surface area contributed by atoms with Gasteiger partial charge in [0.25, 0.3) is 10.0 Å². The van der Waals surface area contributed by atoms with Crippen LogP contribution in [0.15, 0.2) is 71.6 Å². The number of ketones is 1. The Bertz CT molecular complexity index is 1260. The maximum absolute atomic E-state index is 13.1. The van der Waals surface area contributed by atoms with Gasteiger partial charge in [-0.25, -0.2) is 12.8 Å². The second kappa shape index (κ2) is 9.74. The molecule has 0 heterocycles. The van der Waals surface area contributed by atoms with E-state index in [0.717, 1.165) is 35.4 Å². The Hall–Kier alpha value is -3.52. The van der Waals surface area contributed by atoms with E-state index >= 15 is 0 Å². The van der Waals surface area contributed by atoms with Crippen LogP contribution < -0.4 is 10.0 Å². The molecule has 1 amide bonds. The average molecular weight is 455 g/mol. The smallest absolute Gasteiger partial charge is 0.261 e. The highest BCUT2D eigenvalue weighted by Gasteiger charge is 2.17. The van der Waals surface area contributed by atoms with Crippen molar-refractivity contribution in [3.63, 3.8) is 0 Å². The van der Waals surface area contributed by atoms with Gasteiger partial charge >= 0.3 is 0 Å². The summed E-state index contributed by atoms with van der Waals surface area (Å²) in [6.45, 7) is 3.88. The van der Waals surface area contributed by atoms with Crippen LogP contribution in [0.3, 0.4) is 0 Å². The minimum atomic E-state index is -3.98. The standard InChI is InChI=1S/C24H23FN2O4S/c1-16-7-8-18(15-17(16)2)23(28)13-14-24(29)26-21-5-3-4-6-22(21)27-32(30,31)20-11-9-19(25)10-12-20/h3-12,15,27H,13-14H2,1-2H3,(H,26,29). The number of anilines is 2. The zero-order chi connectivity index (χ0) is 23.3. The molecule has 0 bridgehead atoms. The first-order valence-electron chi connectivity index (χ1n) is 9.93. The topological polar surface area (TPSA) is 92.3 Å². The van der Waals surface area contributed by atoms with Gasteiger partial charge < -0.3 is 5.32 Å². The first-order chi connectivity index (χ1) is 15.2. The van der Waals surface area contributed by atoms with Crippen LogP contribution in [0.25, 0.3) is 0 Å². The summed E-state index contributed by atoms with van der Waals surface area (Å²) in [6.07, 6.45) is -0.0252. The van der Waals surface area contributed by atoms with E-state index in [2.05, 4.69) is 10.0 Å². The van der Waals surface area contributed by atoms with E-state index in [4.69, 9.17) is 0 Å². The summed E-state index contributed by atoms with van der Waals surface area (Å²) in [4.78, 5) is 24.7. The van der Waals surface area contributed by atoms with Crippen molar-refractivity contribution in [2.24, 2.45) is 0 Å². The molecule has 0 aromatic heterocycles. The summed E-state index contributed by atoms with van der Waals surface area (Å²) >= 11 is 0. The number of benzene rings is 3. The first kappa shape index (κ1) is 23.1. The molecule has 0 aliphatic heterocycles. The number of nitrogens with one attached hydrogen (secondary N) is 2. The van der Waals surface area contributed by atoms with Gasteiger partial charge in [-0.05, 0) is 67.4 Å². The van der Waals surface area contributed by atoms with Crippen LogP contribution in [0.1, 0.15) is 34.3 Å². The highest BCUT2D eigenvalue weighted by atomic mass is 32.2. The van der Waals surface area contributed by atoms with E-state index in [-0.39, 0.29) is 34.9 Å². The fraction of sp³-hybridized carbons (Fsp3) is 0.167. The fourth-order valence-electron chi connectivity index (χ4n) is 3.00. The molecule has 0 atom stereocenters. The molecular weight excluding hydrogens is 431 g/mol. The molecule has 0 fully saturated rings. The van der Waals surface area contributed by atoms with Crippen LogP contribution in [-0.2, 0) is 14.8 Å². The molecule has 0 radical (unpaired) electrons. The van der Waals surface area contributed by atoms with Gasteiger partial charge in [-0.1, -0.05) is 24.3 Å². The second-order valence-corrected chi connectivity index (χ2v) is 9.06. The lowest BCUT2D eigenvalue weighted by atomic mass is 10.0. The van der Waals surface area contributed by atoms with E-state index < -0.39 is 21.7 Å². The number of aryl methyl sites for hydroxylation is 2. The third-order valence-electron chi connectivity index (χ3n) is 4.98. The Kier molecular flexibility index (Phi) is 7.05. The highest BCUT2D eigenvalue weighted by Crippen LogP contribution is 2.25. The average Bonchev–Trinajstić information content (AvgIpc) is 2.75. The van der Waals surface area contributed by atoms with Crippen molar-refractivity contribution in [2.75, 3.05) is 10.0 Å². The Morgan fingerprint density at radius 2 is 1.50 bits per heavy atom. The van der Waals surface area contributed by atoms with Gasteiger partial charge in [0, 0.05) is 18.4 Å². The lowest BCUT2D eigenvalue weighted by molar-refractivity contribution is -0.116.